The normalized spacial score (nSPS) is 11.2. The molecule has 0 amide bonds. The maximum absolute atomic E-state index is 13.7. The van der Waals surface area contributed by atoms with Gasteiger partial charge in [0.05, 0.1) is 10.0 Å². The summed E-state index contributed by atoms with van der Waals surface area (Å²) in [6, 6.07) is 6.45. The van der Waals surface area contributed by atoms with Crippen molar-refractivity contribution in [2.45, 2.75) is 6.92 Å². The van der Waals surface area contributed by atoms with Crippen LogP contribution in [0.3, 0.4) is 0 Å². The van der Waals surface area contributed by atoms with E-state index in [1.165, 1.54) is 6.07 Å². The summed E-state index contributed by atoms with van der Waals surface area (Å²) >= 11 is 12.0. The van der Waals surface area contributed by atoms with Crippen molar-refractivity contribution in [1.29, 1.82) is 0 Å². The van der Waals surface area contributed by atoms with Gasteiger partial charge in [0.1, 0.15) is 17.3 Å². The topological polar surface area (TPSA) is 43.3 Å². The molecule has 0 aliphatic heterocycles. The minimum Gasteiger partial charge on any atom is -0.383 e. The van der Waals surface area contributed by atoms with Crippen LogP contribution < -0.4 is 5.73 Å². The Balaban J connectivity index is 2.29. The van der Waals surface area contributed by atoms with Crippen LogP contribution >= 0.6 is 23.2 Å². The first-order valence-electron chi connectivity index (χ1n) is 5.86. The van der Waals surface area contributed by atoms with Crippen LogP contribution in [0.1, 0.15) is 5.56 Å². The fraction of sp³-hybridized carbons (Fsp3) is 0.0714. The van der Waals surface area contributed by atoms with Crippen LogP contribution in [0.15, 0.2) is 30.5 Å². The standard InChI is InChI=1S/C14H10Cl2FN3/c1-7-2-3-8(4-11(7)17)12-13(18)20-6-9(15)5-10(16)14(20)19-12/h2-6H,18H2,1H3. The largest absolute Gasteiger partial charge is 0.383 e. The van der Waals surface area contributed by atoms with Crippen LogP contribution in [-0.4, -0.2) is 9.38 Å². The van der Waals surface area contributed by atoms with Crippen molar-refractivity contribution in [3.63, 3.8) is 0 Å². The number of hydrogen-bond acceptors (Lipinski definition) is 2. The van der Waals surface area contributed by atoms with Gasteiger partial charge in [-0.1, -0.05) is 35.3 Å². The first-order chi connectivity index (χ1) is 9.47. The number of imidazole rings is 1. The molecule has 2 N–H and O–H groups in total. The van der Waals surface area contributed by atoms with Gasteiger partial charge in [-0.3, -0.25) is 4.40 Å². The molecule has 0 saturated heterocycles. The van der Waals surface area contributed by atoms with Gasteiger partial charge in [0.15, 0.2) is 5.65 Å². The molecule has 3 rings (SSSR count). The number of hydrogen-bond donors (Lipinski definition) is 1. The number of rotatable bonds is 1. The van der Waals surface area contributed by atoms with Crippen LogP contribution in [0.4, 0.5) is 10.2 Å². The third-order valence-electron chi connectivity index (χ3n) is 3.12. The zero-order chi connectivity index (χ0) is 14.4. The minimum atomic E-state index is -0.303. The Labute approximate surface area is 124 Å². The molecule has 0 radical (unpaired) electrons. The molecule has 0 aliphatic carbocycles. The number of halogens is 3. The summed E-state index contributed by atoms with van der Waals surface area (Å²) < 4.78 is 15.3. The number of pyridine rings is 1. The molecule has 1 aromatic carbocycles. The smallest absolute Gasteiger partial charge is 0.158 e. The van der Waals surface area contributed by atoms with Crippen molar-refractivity contribution in [3.05, 3.63) is 51.9 Å². The predicted octanol–water partition coefficient (Wildman–Crippen LogP) is 4.34. The van der Waals surface area contributed by atoms with Crippen LogP contribution in [0.2, 0.25) is 10.0 Å². The van der Waals surface area contributed by atoms with Crippen LogP contribution in [-0.2, 0) is 0 Å². The van der Waals surface area contributed by atoms with Crippen molar-refractivity contribution in [3.8, 4) is 11.3 Å². The monoisotopic (exact) mass is 309 g/mol. The van der Waals surface area contributed by atoms with E-state index < -0.39 is 0 Å². The molecule has 0 bridgehead atoms. The van der Waals surface area contributed by atoms with Gasteiger partial charge >= 0.3 is 0 Å². The Kier molecular flexibility index (Phi) is 3.07. The number of anilines is 1. The van der Waals surface area contributed by atoms with E-state index in [9.17, 15) is 4.39 Å². The first kappa shape index (κ1) is 13.2. The third kappa shape index (κ3) is 2.01. The Morgan fingerprint density at radius 3 is 2.70 bits per heavy atom. The van der Waals surface area contributed by atoms with Crippen molar-refractivity contribution < 1.29 is 4.39 Å². The molecule has 2 aromatic heterocycles. The van der Waals surface area contributed by atoms with E-state index in [4.69, 9.17) is 28.9 Å². The van der Waals surface area contributed by atoms with Crippen molar-refractivity contribution in [1.82, 2.24) is 9.38 Å². The number of nitrogens with zero attached hydrogens (tertiary/aromatic N) is 2. The fourth-order valence-electron chi connectivity index (χ4n) is 2.04. The van der Waals surface area contributed by atoms with E-state index in [1.54, 1.807) is 35.7 Å². The van der Waals surface area contributed by atoms with E-state index in [-0.39, 0.29) is 5.82 Å². The lowest BCUT2D eigenvalue weighted by molar-refractivity contribution is 0.619. The minimum absolute atomic E-state index is 0.303. The summed E-state index contributed by atoms with van der Waals surface area (Å²) in [5.74, 6) is 0.0655. The molecule has 6 heteroatoms. The highest BCUT2D eigenvalue weighted by atomic mass is 35.5. The lowest BCUT2D eigenvalue weighted by Crippen LogP contribution is -1.94. The summed E-state index contributed by atoms with van der Waals surface area (Å²) in [6.07, 6.45) is 1.62. The molecular weight excluding hydrogens is 300 g/mol. The zero-order valence-corrected chi connectivity index (χ0v) is 12.0. The summed E-state index contributed by atoms with van der Waals surface area (Å²) in [5, 5.41) is 0.844. The molecule has 0 aliphatic rings. The third-order valence-corrected chi connectivity index (χ3v) is 3.61. The van der Waals surface area contributed by atoms with Crippen LogP contribution in [0, 0.1) is 12.7 Å². The lowest BCUT2D eigenvalue weighted by atomic mass is 10.1. The van der Waals surface area contributed by atoms with E-state index >= 15 is 0 Å². The summed E-state index contributed by atoms with van der Waals surface area (Å²) in [4.78, 5) is 4.37. The SMILES string of the molecule is Cc1ccc(-c2nc3c(Cl)cc(Cl)cn3c2N)cc1F. The number of benzene rings is 1. The fourth-order valence-corrected chi connectivity index (χ4v) is 2.56. The molecule has 0 atom stereocenters. The number of aryl methyl sites for hydroxylation is 1. The first-order valence-corrected chi connectivity index (χ1v) is 6.62. The van der Waals surface area contributed by atoms with Crippen molar-refractivity contribution in [2.24, 2.45) is 0 Å². The number of fused-ring (bicyclic) bond motifs is 1. The molecule has 0 unspecified atom stereocenters. The second-order valence-corrected chi connectivity index (χ2v) is 5.35. The van der Waals surface area contributed by atoms with Gasteiger partial charge in [0.25, 0.3) is 0 Å². The molecule has 0 fully saturated rings. The number of nitrogen functional groups attached to an aromatic ring is 1. The van der Waals surface area contributed by atoms with Gasteiger partial charge in [-0.05, 0) is 24.6 Å². The Bertz CT molecular complexity index is 827. The lowest BCUT2D eigenvalue weighted by Gasteiger charge is -2.02. The molecular formula is C14H10Cl2FN3. The van der Waals surface area contributed by atoms with E-state index in [2.05, 4.69) is 4.98 Å². The van der Waals surface area contributed by atoms with E-state index in [0.717, 1.165) is 0 Å². The number of nitrogens with two attached hydrogens (primary N) is 1. The second-order valence-electron chi connectivity index (χ2n) is 4.51. The Morgan fingerprint density at radius 2 is 2.00 bits per heavy atom. The Hall–Kier alpha value is -1.78. The summed E-state index contributed by atoms with van der Waals surface area (Å²) in [7, 11) is 0. The highest BCUT2D eigenvalue weighted by Gasteiger charge is 2.15. The maximum Gasteiger partial charge on any atom is 0.158 e. The highest BCUT2D eigenvalue weighted by molar-refractivity contribution is 6.36. The molecule has 2 heterocycles. The van der Waals surface area contributed by atoms with Gasteiger partial charge < -0.3 is 5.73 Å². The molecule has 3 aromatic rings. The zero-order valence-electron chi connectivity index (χ0n) is 10.5. The quantitative estimate of drug-likeness (QED) is 0.726. The van der Waals surface area contributed by atoms with Gasteiger partial charge in [-0.25, -0.2) is 9.37 Å². The molecule has 20 heavy (non-hydrogen) atoms. The van der Waals surface area contributed by atoms with Gasteiger partial charge in [-0.2, -0.15) is 0 Å². The molecule has 3 nitrogen and oxygen atoms in total. The molecule has 0 spiro atoms. The van der Waals surface area contributed by atoms with Gasteiger partial charge in [0.2, 0.25) is 0 Å². The highest BCUT2D eigenvalue weighted by Crippen LogP contribution is 2.31. The summed E-state index contributed by atoms with van der Waals surface area (Å²) in [5.41, 5.74) is 8.19. The van der Waals surface area contributed by atoms with E-state index in [1.807, 2.05) is 0 Å². The van der Waals surface area contributed by atoms with Crippen LogP contribution in [0.25, 0.3) is 16.9 Å². The van der Waals surface area contributed by atoms with Gasteiger partial charge in [0, 0.05) is 11.8 Å². The molecule has 102 valence electrons. The predicted molar refractivity (Wildman–Crippen MR) is 79.8 cm³/mol. The number of aromatic nitrogens is 2. The van der Waals surface area contributed by atoms with E-state index in [0.29, 0.717) is 38.3 Å². The van der Waals surface area contributed by atoms with Crippen LogP contribution in [0.5, 0.6) is 0 Å². The molecule has 0 saturated carbocycles. The Morgan fingerprint density at radius 1 is 1.25 bits per heavy atom. The maximum atomic E-state index is 13.7. The average molecular weight is 310 g/mol. The summed E-state index contributed by atoms with van der Waals surface area (Å²) in [6.45, 7) is 1.70. The second kappa shape index (κ2) is 4.65. The van der Waals surface area contributed by atoms with Gasteiger partial charge in [-0.15, -0.1) is 0 Å². The average Bonchev–Trinajstić information content (AvgIpc) is 2.71. The van der Waals surface area contributed by atoms with Crippen molar-refractivity contribution >= 4 is 34.7 Å². The van der Waals surface area contributed by atoms with Crippen molar-refractivity contribution in [2.75, 3.05) is 5.73 Å².